The van der Waals surface area contributed by atoms with Gasteiger partial charge in [0.2, 0.25) is 0 Å². The number of methoxy groups -OCH3 is 1. The fourth-order valence-electron chi connectivity index (χ4n) is 1.39. The minimum Gasteiger partial charge on any atom is -0.383 e. The number of hydrogen-bond acceptors (Lipinski definition) is 4. The summed E-state index contributed by atoms with van der Waals surface area (Å²) in [5.41, 5.74) is 0.653. The first kappa shape index (κ1) is 15.1. The fraction of sp³-hybridized carbons (Fsp3) is 0.462. The molecule has 0 radical (unpaired) electrons. The number of aromatic nitrogens is 1. The van der Waals surface area contributed by atoms with E-state index >= 15 is 0 Å². The maximum atomic E-state index is 11.7. The normalized spacial score (nSPS) is 10.0. The fourth-order valence-corrected chi connectivity index (χ4v) is 1.39. The van der Waals surface area contributed by atoms with E-state index in [1.165, 1.54) is 12.3 Å². The molecule has 0 aliphatic heterocycles. The maximum absolute atomic E-state index is 11.7. The molecule has 1 rings (SSSR count). The summed E-state index contributed by atoms with van der Waals surface area (Å²) in [6, 6.07) is 3.06. The molecule has 1 heterocycles. The van der Waals surface area contributed by atoms with Gasteiger partial charge in [-0.3, -0.25) is 14.6 Å². The van der Waals surface area contributed by atoms with Crippen molar-refractivity contribution in [1.29, 1.82) is 0 Å². The zero-order chi connectivity index (χ0) is 14.1. The number of nitrogens with one attached hydrogen (secondary N) is 2. The predicted molar refractivity (Wildman–Crippen MR) is 71.1 cm³/mol. The van der Waals surface area contributed by atoms with Crippen molar-refractivity contribution in [1.82, 2.24) is 15.6 Å². The summed E-state index contributed by atoms with van der Waals surface area (Å²) in [5, 5.41) is 5.40. The van der Waals surface area contributed by atoms with Crippen LogP contribution in [0.5, 0.6) is 0 Å². The van der Waals surface area contributed by atoms with E-state index in [0.29, 0.717) is 25.3 Å². The first-order chi connectivity index (χ1) is 9.19. The molecule has 0 aliphatic rings. The summed E-state index contributed by atoms with van der Waals surface area (Å²) in [6.07, 6.45) is 2.31. The molecule has 0 unspecified atom stereocenters. The van der Waals surface area contributed by atoms with Crippen LogP contribution in [0.3, 0.4) is 0 Å². The molecule has 0 spiro atoms. The van der Waals surface area contributed by atoms with Crippen molar-refractivity contribution in [2.24, 2.45) is 0 Å². The largest absolute Gasteiger partial charge is 0.383 e. The topological polar surface area (TPSA) is 80.3 Å². The molecule has 6 heteroatoms. The van der Waals surface area contributed by atoms with Crippen molar-refractivity contribution in [3.05, 3.63) is 29.6 Å². The molecule has 0 saturated heterocycles. The average molecular weight is 265 g/mol. The number of rotatable bonds is 7. The summed E-state index contributed by atoms with van der Waals surface area (Å²) in [4.78, 5) is 27.4. The van der Waals surface area contributed by atoms with Crippen LogP contribution in [-0.4, -0.2) is 43.6 Å². The lowest BCUT2D eigenvalue weighted by Crippen LogP contribution is -2.29. The number of pyridine rings is 1. The van der Waals surface area contributed by atoms with Crippen LogP contribution in [0, 0.1) is 0 Å². The van der Waals surface area contributed by atoms with E-state index in [0.717, 1.165) is 6.42 Å². The van der Waals surface area contributed by atoms with E-state index in [4.69, 9.17) is 4.74 Å². The lowest BCUT2D eigenvalue weighted by atomic mass is 10.2. The minimum atomic E-state index is -0.317. The molecular formula is C13H19N3O3. The summed E-state index contributed by atoms with van der Waals surface area (Å²) in [7, 11) is 1.56. The van der Waals surface area contributed by atoms with Gasteiger partial charge in [0.25, 0.3) is 11.8 Å². The molecule has 0 saturated carbocycles. The van der Waals surface area contributed by atoms with E-state index in [1.807, 2.05) is 6.92 Å². The lowest BCUT2D eigenvalue weighted by Gasteiger charge is -2.06. The van der Waals surface area contributed by atoms with Gasteiger partial charge in [-0.05, 0) is 18.6 Å². The Balaban J connectivity index is 2.65. The van der Waals surface area contributed by atoms with Gasteiger partial charge in [0.15, 0.2) is 0 Å². The monoisotopic (exact) mass is 265 g/mol. The highest BCUT2D eigenvalue weighted by Gasteiger charge is 2.10. The SMILES string of the molecule is CCCNC(=O)c1ccnc(C(=O)NCCOC)c1. The third-order valence-electron chi connectivity index (χ3n) is 2.38. The molecule has 19 heavy (non-hydrogen) atoms. The number of carbonyl (C=O) groups excluding carboxylic acids is 2. The Morgan fingerprint density at radius 2 is 2.00 bits per heavy atom. The van der Waals surface area contributed by atoms with Gasteiger partial charge in [0.1, 0.15) is 5.69 Å². The van der Waals surface area contributed by atoms with Crippen LogP contribution in [0.2, 0.25) is 0 Å². The number of ether oxygens (including phenoxy) is 1. The molecular weight excluding hydrogens is 246 g/mol. The Kier molecular flexibility index (Phi) is 6.52. The predicted octanol–water partition coefficient (Wildman–Crippen LogP) is 0.598. The van der Waals surface area contributed by atoms with Crippen molar-refractivity contribution in [2.45, 2.75) is 13.3 Å². The van der Waals surface area contributed by atoms with Crippen LogP contribution >= 0.6 is 0 Å². The lowest BCUT2D eigenvalue weighted by molar-refractivity contribution is 0.0932. The molecule has 2 N–H and O–H groups in total. The van der Waals surface area contributed by atoms with Gasteiger partial charge in [-0.25, -0.2) is 0 Å². The quantitative estimate of drug-likeness (QED) is 0.707. The van der Waals surface area contributed by atoms with Crippen molar-refractivity contribution < 1.29 is 14.3 Å². The molecule has 0 bridgehead atoms. The third-order valence-corrected chi connectivity index (χ3v) is 2.38. The van der Waals surface area contributed by atoms with Crippen molar-refractivity contribution in [2.75, 3.05) is 26.8 Å². The van der Waals surface area contributed by atoms with Crippen molar-refractivity contribution in [3.63, 3.8) is 0 Å². The highest BCUT2D eigenvalue weighted by Crippen LogP contribution is 2.02. The highest BCUT2D eigenvalue weighted by molar-refractivity contribution is 5.98. The zero-order valence-electron chi connectivity index (χ0n) is 11.2. The second-order valence-electron chi connectivity index (χ2n) is 3.93. The standard InChI is InChI=1S/C13H19N3O3/c1-3-5-15-12(17)10-4-6-14-11(9-10)13(18)16-7-8-19-2/h4,6,9H,3,5,7-8H2,1-2H3,(H,15,17)(H,16,18). The van der Waals surface area contributed by atoms with Gasteiger partial charge in [0.05, 0.1) is 6.61 Å². The van der Waals surface area contributed by atoms with E-state index in [9.17, 15) is 9.59 Å². The Labute approximate surface area is 112 Å². The van der Waals surface area contributed by atoms with Crippen LogP contribution in [0.25, 0.3) is 0 Å². The van der Waals surface area contributed by atoms with Crippen LogP contribution in [0.4, 0.5) is 0 Å². The molecule has 2 amide bonds. The molecule has 6 nitrogen and oxygen atoms in total. The maximum Gasteiger partial charge on any atom is 0.269 e. The third kappa shape index (κ3) is 5.05. The molecule has 0 aromatic carbocycles. The number of nitrogens with zero attached hydrogens (tertiary/aromatic N) is 1. The molecule has 1 aromatic heterocycles. The summed E-state index contributed by atoms with van der Waals surface area (Å²) in [5.74, 6) is -0.516. The van der Waals surface area contributed by atoms with Gasteiger partial charge >= 0.3 is 0 Å². The molecule has 104 valence electrons. The van der Waals surface area contributed by atoms with Gasteiger partial charge in [-0.1, -0.05) is 6.92 Å². The number of hydrogen-bond donors (Lipinski definition) is 2. The van der Waals surface area contributed by atoms with Crippen LogP contribution in [0.15, 0.2) is 18.3 Å². The first-order valence-corrected chi connectivity index (χ1v) is 6.20. The summed E-state index contributed by atoms with van der Waals surface area (Å²) in [6.45, 7) is 3.42. The molecule has 1 aromatic rings. The first-order valence-electron chi connectivity index (χ1n) is 6.20. The van der Waals surface area contributed by atoms with Crippen LogP contribution < -0.4 is 10.6 Å². The van der Waals surface area contributed by atoms with Crippen LogP contribution in [0.1, 0.15) is 34.2 Å². The number of carbonyl (C=O) groups is 2. The Morgan fingerprint density at radius 3 is 2.68 bits per heavy atom. The number of amides is 2. The minimum absolute atomic E-state index is 0.199. The zero-order valence-corrected chi connectivity index (χ0v) is 11.2. The Bertz CT molecular complexity index is 435. The molecule has 0 atom stereocenters. The summed E-state index contributed by atoms with van der Waals surface area (Å²) >= 11 is 0. The van der Waals surface area contributed by atoms with Crippen molar-refractivity contribution in [3.8, 4) is 0 Å². The molecule has 0 fully saturated rings. The highest BCUT2D eigenvalue weighted by atomic mass is 16.5. The van der Waals surface area contributed by atoms with Crippen LogP contribution in [-0.2, 0) is 4.74 Å². The van der Waals surface area contributed by atoms with Gasteiger partial charge in [-0.2, -0.15) is 0 Å². The smallest absolute Gasteiger partial charge is 0.269 e. The second-order valence-corrected chi connectivity index (χ2v) is 3.93. The average Bonchev–Trinajstić information content (AvgIpc) is 2.45. The summed E-state index contributed by atoms with van der Waals surface area (Å²) < 4.78 is 4.84. The van der Waals surface area contributed by atoms with Gasteiger partial charge in [-0.15, -0.1) is 0 Å². The Hall–Kier alpha value is -1.95. The van der Waals surface area contributed by atoms with Crippen molar-refractivity contribution >= 4 is 11.8 Å². The second kappa shape index (κ2) is 8.20. The van der Waals surface area contributed by atoms with Gasteiger partial charge in [0, 0.05) is 32.0 Å². The molecule has 0 aliphatic carbocycles. The Morgan fingerprint density at radius 1 is 1.26 bits per heavy atom. The van der Waals surface area contributed by atoms with E-state index in [1.54, 1.807) is 13.2 Å². The van der Waals surface area contributed by atoms with Gasteiger partial charge < -0.3 is 15.4 Å². The van der Waals surface area contributed by atoms with E-state index in [-0.39, 0.29) is 17.5 Å². The van der Waals surface area contributed by atoms with E-state index < -0.39 is 0 Å². The van der Waals surface area contributed by atoms with E-state index in [2.05, 4.69) is 15.6 Å².